The molecule has 1 aromatic carbocycles. The summed E-state index contributed by atoms with van der Waals surface area (Å²) in [5.74, 6) is -0.0590. The predicted octanol–water partition coefficient (Wildman–Crippen LogP) is 2.42. The average Bonchev–Trinajstić information content (AvgIpc) is 2.15. The number of nitrogens with one attached hydrogen (secondary N) is 1. The molecule has 0 saturated carbocycles. The van der Waals surface area contributed by atoms with Crippen LogP contribution in [0.5, 0.6) is 0 Å². The molecule has 1 aliphatic rings. The van der Waals surface area contributed by atoms with Crippen molar-refractivity contribution in [3.8, 4) is 0 Å². The Morgan fingerprint density at radius 3 is 2.88 bits per heavy atom. The molecule has 86 valence electrons. The molecule has 0 aromatic heterocycles. The number of rotatable bonds is 1. The molecule has 0 spiro atoms. The Morgan fingerprint density at radius 2 is 2.25 bits per heavy atom. The third kappa shape index (κ3) is 2.28. The first-order valence-electron chi connectivity index (χ1n) is 5.17. The van der Waals surface area contributed by atoms with E-state index in [0.29, 0.717) is 0 Å². The van der Waals surface area contributed by atoms with Crippen LogP contribution >= 0.6 is 15.9 Å². The minimum Gasteiger partial charge on any atom is -0.361 e. The van der Waals surface area contributed by atoms with Crippen LogP contribution < -0.4 is 5.32 Å². The maximum Gasteiger partial charge on any atom is 0.246 e. The van der Waals surface area contributed by atoms with Gasteiger partial charge in [-0.1, -0.05) is 28.1 Å². The summed E-state index contributed by atoms with van der Waals surface area (Å²) in [6.07, 6.45) is -0.109. The van der Waals surface area contributed by atoms with E-state index in [1.165, 1.54) is 0 Å². The molecule has 2 rings (SSSR count). The van der Waals surface area contributed by atoms with E-state index in [2.05, 4.69) is 21.2 Å². The fraction of sp³-hybridized carbons (Fsp3) is 0.417. The number of hydrogen-bond donors (Lipinski definition) is 1. The van der Waals surface area contributed by atoms with E-state index in [1.807, 2.05) is 38.1 Å². The molecule has 1 atom stereocenters. The van der Waals surface area contributed by atoms with E-state index in [0.717, 1.165) is 10.0 Å². The second-order valence-electron chi connectivity index (χ2n) is 4.52. The van der Waals surface area contributed by atoms with Crippen LogP contribution in [0.2, 0.25) is 0 Å². The van der Waals surface area contributed by atoms with Crippen LogP contribution in [-0.4, -0.2) is 18.1 Å². The van der Waals surface area contributed by atoms with Crippen molar-refractivity contribution in [3.63, 3.8) is 0 Å². The summed E-state index contributed by atoms with van der Waals surface area (Å²) < 4.78 is 6.63. The van der Waals surface area contributed by atoms with Gasteiger partial charge in [-0.05, 0) is 31.5 Å². The molecule has 1 fully saturated rings. The molecule has 1 saturated heterocycles. The zero-order chi connectivity index (χ0) is 11.8. The molecule has 0 bridgehead atoms. The normalized spacial score (nSPS) is 23.9. The van der Waals surface area contributed by atoms with Gasteiger partial charge in [0.2, 0.25) is 5.91 Å². The highest BCUT2D eigenvalue weighted by molar-refractivity contribution is 9.10. The number of carbonyl (C=O) groups is 1. The number of ether oxygens (including phenoxy) is 1. The highest BCUT2D eigenvalue weighted by atomic mass is 79.9. The lowest BCUT2D eigenvalue weighted by Gasteiger charge is -2.39. The van der Waals surface area contributed by atoms with Gasteiger partial charge in [0.15, 0.2) is 0 Å². The number of morpholine rings is 1. The van der Waals surface area contributed by atoms with Crippen molar-refractivity contribution >= 4 is 21.8 Å². The molecule has 1 aliphatic heterocycles. The topological polar surface area (TPSA) is 38.3 Å². The Labute approximate surface area is 103 Å². The first kappa shape index (κ1) is 11.6. The first-order chi connectivity index (χ1) is 7.49. The Kier molecular flexibility index (Phi) is 3.04. The molecule has 1 aromatic rings. The largest absolute Gasteiger partial charge is 0.361 e. The number of benzene rings is 1. The highest BCUT2D eigenvalue weighted by Gasteiger charge is 2.37. The predicted molar refractivity (Wildman–Crippen MR) is 65.1 cm³/mol. The van der Waals surface area contributed by atoms with Gasteiger partial charge in [-0.15, -0.1) is 0 Å². The van der Waals surface area contributed by atoms with Crippen molar-refractivity contribution < 1.29 is 9.53 Å². The molecule has 0 unspecified atom stereocenters. The zero-order valence-electron chi connectivity index (χ0n) is 9.29. The molecule has 0 aliphatic carbocycles. The minimum absolute atomic E-state index is 0.0590. The van der Waals surface area contributed by atoms with Crippen LogP contribution in [0.15, 0.2) is 28.7 Å². The van der Waals surface area contributed by atoms with Gasteiger partial charge in [0.05, 0.1) is 5.54 Å². The Morgan fingerprint density at radius 1 is 1.50 bits per heavy atom. The van der Waals surface area contributed by atoms with Crippen molar-refractivity contribution in [3.05, 3.63) is 34.3 Å². The summed E-state index contributed by atoms with van der Waals surface area (Å²) in [4.78, 5) is 11.3. The lowest BCUT2D eigenvalue weighted by molar-refractivity contribution is -0.142. The van der Waals surface area contributed by atoms with E-state index in [4.69, 9.17) is 4.74 Å². The molecular formula is C12H14BrNO2. The molecular weight excluding hydrogens is 270 g/mol. The molecule has 1 amide bonds. The Hall–Kier alpha value is -0.870. The smallest absolute Gasteiger partial charge is 0.246 e. The van der Waals surface area contributed by atoms with E-state index in [1.54, 1.807) is 0 Å². The van der Waals surface area contributed by atoms with E-state index < -0.39 is 0 Å². The number of hydrogen-bond acceptors (Lipinski definition) is 2. The van der Waals surface area contributed by atoms with Crippen LogP contribution in [0, 0.1) is 0 Å². The van der Waals surface area contributed by atoms with Crippen LogP contribution in [0.4, 0.5) is 0 Å². The molecule has 1 N–H and O–H groups in total. The summed E-state index contributed by atoms with van der Waals surface area (Å²) in [5.41, 5.74) is 0.690. The van der Waals surface area contributed by atoms with Gasteiger partial charge in [0, 0.05) is 4.47 Å². The highest BCUT2D eigenvalue weighted by Crippen LogP contribution is 2.32. The third-order valence-electron chi connectivity index (χ3n) is 2.65. The molecule has 0 radical (unpaired) electrons. The SMILES string of the molecule is CC1(C)NC(=O)CO[C@H]1c1cccc(Br)c1. The summed E-state index contributed by atoms with van der Waals surface area (Å²) in [6.45, 7) is 4.06. The third-order valence-corrected chi connectivity index (χ3v) is 3.14. The average molecular weight is 284 g/mol. The molecule has 4 heteroatoms. The second kappa shape index (κ2) is 4.18. The van der Waals surface area contributed by atoms with Crippen molar-refractivity contribution in [2.75, 3.05) is 6.61 Å². The van der Waals surface area contributed by atoms with Gasteiger partial charge >= 0.3 is 0 Å². The van der Waals surface area contributed by atoms with Gasteiger partial charge < -0.3 is 10.1 Å². The number of carbonyl (C=O) groups excluding carboxylic acids is 1. The van der Waals surface area contributed by atoms with Gasteiger partial charge in [0.25, 0.3) is 0 Å². The zero-order valence-corrected chi connectivity index (χ0v) is 10.9. The summed E-state index contributed by atoms with van der Waals surface area (Å²) in [6, 6.07) is 7.96. The van der Waals surface area contributed by atoms with Crippen molar-refractivity contribution in [1.82, 2.24) is 5.32 Å². The van der Waals surface area contributed by atoms with Gasteiger partial charge in [0.1, 0.15) is 12.7 Å². The first-order valence-corrected chi connectivity index (χ1v) is 5.96. The summed E-state index contributed by atoms with van der Waals surface area (Å²) in [5, 5.41) is 2.94. The molecule has 3 nitrogen and oxygen atoms in total. The van der Waals surface area contributed by atoms with Gasteiger partial charge in [-0.25, -0.2) is 0 Å². The number of halogens is 1. The Bertz CT molecular complexity index is 417. The monoisotopic (exact) mass is 283 g/mol. The minimum atomic E-state index is -0.379. The maximum atomic E-state index is 11.3. The van der Waals surface area contributed by atoms with Gasteiger partial charge in [-0.3, -0.25) is 4.79 Å². The fourth-order valence-corrected chi connectivity index (χ4v) is 2.43. The van der Waals surface area contributed by atoms with Crippen molar-refractivity contribution in [2.24, 2.45) is 0 Å². The molecule has 1 heterocycles. The lowest BCUT2D eigenvalue weighted by atomic mass is 9.90. The molecule has 16 heavy (non-hydrogen) atoms. The van der Waals surface area contributed by atoms with Crippen LogP contribution in [0.3, 0.4) is 0 Å². The Balaban J connectivity index is 2.30. The summed E-state index contributed by atoms with van der Waals surface area (Å²) >= 11 is 3.44. The quantitative estimate of drug-likeness (QED) is 0.860. The second-order valence-corrected chi connectivity index (χ2v) is 5.43. The van der Waals surface area contributed by atoms with Crippen molar-refractivity contribution in [2.45, 2.75) is 25.5 Å². The van der Waals surface area contributed by atoms with E-state index in [9.17, 15) is 4.79 Å². The summed E-state index contributed by atoms with van der Waals surface area (Å²) in [7, 11) is 0. The van der Waals surface area contributed by atoms with Crippen LogP contribution in [0.25, 0.3) is 0 Å². The maximum absolute atomic E-state index is 11.3. The van der Waals surface area contributed by atoms with Crippen LogP contribution in [0.1, 0.15) is 25.5 Å². The standard InChI is InChI=1S/C12H14BrNO2/c1-12(2)11(16-7-10(15)14-12)8-4-3-5-9(13)6-8/h3-6,11H,7H2,1-2H3,(H,14,15)/t11-/m0/s1. The van der Waals surface area contributed by atoms with E-state index in [-0.39, 0.29) is 24.2 Å². The van der Waals surface area contributed by atoms with E-state index >= 15 is 0 Å². The van der Waals surface area contributed by atoms with Crippen molar-refractivity contribution in [1.29, 1.82) is 0 Å². The number of amides is 1. The fourth-order valence-electron chi connectivity index (χ4n) is 2.01. The van der Waals surface area contributed by atoms with Crippen LogP contribution in [-0.2, 0) is 9.53 Å². The van der Waals surface area contributed by atoms with Gasteiger partial charge in [-0.2, -0.15) is 0 Å². The lowest BCUT2D eigenvalue weighted by Crippen LogP contribution is -2.54.